The number of carbonyl (C=O) groups is 1. The number of Topliss-reactive ketones (excluding diaryl/α,β-unsaturated/α-hetero) is 1. The van der Waals surface area contributed by atoms with Crippen LogP contribution in [-0.2, 0) is 6.42 Å². The van der Waals surface area contributed by atoms with Gasteiger partial charge in [-0.2, -0.15) is 0 Å². The third-order valence-electron chi connectivity index (χ3n) is 2.37. The Labute approximate surface area is 109 Å². The van der Waals surface area contributed by atoms with Crippen molar-refractivity contribution in [3.63, 3.8) is 0 Å². The van der Waals surface area contributed by atoms with Gasteiger partial charge in [-0.25, -0.2) is 0 Å². The predicted octanol–water partition coefficient (Wildman–Crippen LogP) is 4.38. The highest BCUT2D eigenvalue weighted by molar-refractivity contribution is 6.42. The Balaban J connectivity index is 2.19. The van der Waals surface area contributed by atoms with Crippen LogP contribution in [-0.4, -0.2) is 5.78 Å². The minimum absolute atomic E-state index is 0.0783. The van der Waals surface area contributed by atoms with Crippen LogP contribution in [0.3, 0.4) is 0 Å². The molecule has 0 saturated heterocycles. The smallest absolute Gasteiger partial charge is 0.194 e. The van der Waals surface area contributed by atoms with E-state index in [0.717, 1.165) is 11.3 Å². The third-order valence-corrected chi connectivity index (χ3v) is 3.11. The Kier molecular flexibility index (Phi) is 3.55. The largest absolute Gasteiger partial charge is 0.458 e. The first kappa shape index (κ1) is 12.2. The highest BCUT2D eigenvalue weighted by atomic mass is 35.5. The van der Waals surface area contributed by atoms with Crippen molar-refractivity contribution in [3.8, 4) is 0 Å². The fraction of sp³-hybridized carbons (Fsp3) is 0.154. The molecular weight excluding hydrogens is 259 g/mol. The Morgan fingerprint density at radius 1 is 1.18 bits per heavy atom. The maximum absolute atomic E-state index is 11.1. The molecule has 4 heteroatoms. The van der Waals surface area contributed by atoms with Gasteiger partial charge < -0.3 is 4.42 Å². The van der Waals surface area contributed by atoms with Crippen molar-refractivity contribution in [2.75, 3.05) is 0 Å². The van der Waals surface area contributed by atoms with E-state index in [1.54, 1.807) is 24.3 Å². The monoisotopic (exact) mass is 268 g/mol. The molecule has 0 bridgehead atoms. The van der Waals surface area contributed by atoms with Crippen molar-refractivity contribution in [1.82, 2.24) is 0 Å². The van der Waals surface area contributed by atoms with Gasteiger partial charge in [0.15, 0.2) is 11.5 Å². The van der Waals surface area contributed by atoms with Crippen LogP contribution in [0, 0.1) is 0 Å². The highest BCUT2D eigenvalue weighted by Crippen LogP contribution is 2.24. The average molecular weight is 269 g/mol. The quantitative estimate of drug-likeness (QED) is 0.774. The number of benzene rings is 1. The molecule has 0 unspecified atom stereocenters. The lowest BCUT2D eigenvalue weighted by Gasteiger charge is -2.01. The van der Waals surface area contributed by atoms with E-state index in [2.05, 4.69) is 0 Å². The molecule has 0 amide bonds. The molecule has 2 rings (SSSR count). The molecule has 2 nitrogen and oxygen atoms in total. The fourth-order valence-corrected chi connectivity index (χ4v) is 1.83. The number of carbonyl (C=O) groups excluding carboxylic acids is 1. The summed E-state index contributed by atoms with van der Waals surface area (Å²) in [7, 11) is 0. The van der Waals surface area contributed by atoms with Gasteiger partial charge in [0.05, 0.1) is 10.0 Å². The minimum atomic E-state index is -0.0783. The first-order chi connectivity index (χ1) is 8.06. The molecule has 0 aliphatic rings. The summed E-state index contributed by atoms with van der Waals surface area (Å²) in [5.74, 6) is 1.03. The van der Waals surface area contributed by atoms with Gasteiger partial charge in [-0.3, -0.25) is 4.79 Å². The van der Waals surface area contributed by atoms with Crippen LogP contribution < -0.4 is 0 Å². The predicted molar refractivity (Wildman–Crippen MR) is 68.0 cm³/mol. The van der Waals surface area contributed by atoms with E-state index in [-0.39, 0.29) is 5.78 Å². The minimum Gasteiger partial charge on any atom is -0.458 e. The molecule has 0 N–H and O–H groups in total. The van der Waals surface area contributed by atoms with E-state index in [4.69, 9.17) is 27.6 Å². The van der Waals surface area contributed by atoms with Crippen LogP contribution in [0.1, 0.15) is 28.8 Å². The second kappa shape index (κ2) is 4.94. The lowest BCUT2D eigenvalue weighted by Crippen LogP contribution is -1.88. The number of ketones is 1. The molecule has 88 valence electrons. The van der Waals surface area contributed by atoms with Crippen molar-refractivity contribution < 1.29 is 9.21 Å². The number of hydrogen-bond acceptors (Lipinski definition) is 2. The molecule has 1 aromatic heterocycles. The number of rotatable bonds is 3. The van der Waals surface area contributed by atoms with Crippen molar-refractivity contribution in [1.29, 1.82) is 0 Å². The van der Waals surface area contributed by atoms with Gasteiger partial charge in [-0.1, -0.05) is 29.3 Å². The Hall–Kier alpha value is -1.25. The first-order valence-electron chi connectivity index (χ1n) is 5.10. The molecule has 0 fully saturated rings. The second-order valence-electron chi connectivity index (χ2n) is 3.75. The molecule has 0 aliphatic carbocycles. The summed E-state index contributed by atoms with van der Waals surface area (Å²) >= 11 is 11.7. The van der Waals surface area contributed by atoms with E-state index in [0.29, 0.717) is 22.2 Å². The molecule has 0 atom stereocenters. The first-order valence-corrected chi connectivity index (χ1v) is 5.85. The standard InChI is InChI=1S/C13H10Cl2O2/c1-8(16)13-5-3-10(17-13)6-9-2-4-11(14)12(15)7-9/h2-5,7H,6H2,1H3. The van der Waals surface area contributed by atoms with E-state index in [9.17, 15) is 4.79 Å². The Bertz CT molecular complexity index is 558. The molecular formula is C13H10Cl2O2. The molecule has 1 heterocycles. The zero-order chi connectivity index (χ0) is 12.4. The Morgan fingerprint density at radius 2 is 1.94 bits per heavy atom. The molecule has 0 aliphatic heterocycles. The van der Waals surface area contributed by atoms with Crippen LogP contribution in [0.25, 0.3) is 0 Å². The SMILES string of the molecule is CC(=O)c1ccc(Cc2ccc(Cl)c(Cl)c2)o1. The van der Waals surface area contributed by atoms with Crippen LogP contribution in [0.5, 0.6) is 0 Å². The van der Waals surface area contributed by atoms with Gasteiger partial charge in [0.25, 0.3) is 0 Å². The van der Waals surface area contributed by atoms with Crippen molar-refractivity contribution in [2.45, 2.75) is 13.3 Å². The van der Waals surface area contributed by atoms with Crippen molar-refractivity contribution in [2.24, 2.45) is 0 Å². The van der Waals surface area contributed by atoms with Crippen molar-refractivity contribution in [3.05, 3.63) is 57.5 Å². The number of furan rings is 1. The van der Waals surface area contributed by atoms with Crippen LogP contribution in [0.4, 0.5) is 0 Å². The molecule has 0 radical (unpaired) electrons. The van der Waals surface area contributed by atoms with Gasteiger partial charge in [-0.05, 0) is 29.8 Å². The van der Waals surface area contributed by atoms with E-state index < -0.39 is 0 Å². The van der Waals surface area contributed by atoms with Gasteiger partial charge in [0.2, 0.25) is 0 Å². The van der Waals surface area contributed by atoms with Gasteiger partial charge in [-0.15, -0.1) is 0 Å². The van der Waals surface area contributed by atoms with Crippen LogP contribution in [0.15, 0.2) is 34.7 Å². The van der Waals surface area contributed by atoms with Gasteiger partial charge in [0.1, 0.15) is 5.76 Å². The molecule has 17 heavy (non-hydrogen) atoms. The number of halogens is 2. The molecule has 0 saturated carbocycles. The summed E-state index contributed by atoms with van der Waals surface area (Å²) in [6.07, 6.45) is 0.587. The highest BCUT2D eigenvalue weighted by Gasteiger charge is 2.07. The maximum Gasteiger partial charge on any atom is 0.194 e. The molecule has 0 spiro atoms. The fourth-order valence-electron chi connectivity index (χ4n) is 1.51. The van der Waals surface area contributed by atoms with Gasteiger partial charge >= 0.3 is 0 Å². The number of hydrogen-bond donors (Lipinski definition) is 0. The summed E-state index contributed by atoms with van der Waals surface area (Å²) in [6, 6.07) is 8.88. The summed E-state index contributed by atoms with van der Waals surface area (Å²) in [6.45, 7) is 1.47. The summed E-state index contributed by atoms with van der Waals surface area (Å²) in [5, 5.41) is 1.04. The lowest BCUT2D eigenvalue weighted by atomic mass is 10.1. The average Bonchev–Trinajstić information content (AvgIpc) is 2.72. The zero-order valence-corrected chi connectivity index (χ0v) is 10.7. The van der Waals surface area contributed by atoms with E-state index >= 15 is 0 Å². The van der Waals surface area contributed by atoms with Crippen LogP contribution >= 0.6 is 23.2 Å². The topological polar surface area (TPSA) is 30.2 Å². The van der Waals surface area contributed by atoms with Gasteiger partial charge in [0, 0.05) is 13.3 Å². The molecule has 1 aromatic carbocycles. The summed E-state index contributed by atoms with van der Waals surface area (Å²) in [5.41, 5.74) is 0.990. The summed E-state index contributed by atoms with van der Waals surface area (Å²) < 4.78 is 5.39. The molecule has 2 aromatic rings. The lowest BCUT2D eigenvalue weighted by molar-refractivity contribution is 0.0985. The Morgan fingerprint density at radius 3 is 2.53 bits per heavy atom. The third kappa shape index (κ3) is 2.90. The van der Waals surface area contributed by atoms with E-state index in [1.165, 1.54) is 6.92 Å². The maximum atomic E-state index is 11.1. The second-order valence-corrected chi connectivity index (χ2v) is 4.56. The van der Waals surface area contributed by atoms with Crippen molar-refractivity contribution >= 4 is 29.0 Å². The van der Waals surface area contributed by atoms with Crippen LogP contribution in [0.2, 0.25) is 10.0 Å². The normalized spacial score (nSPS) is 10.5. The zero-order valence-electron chi connectivity index (χ0n) is 9.17. The summed E-state index contributed by atoms with van der Waals surface area (Å²) in [4.78, 5) is 11.1. The van der Waals surface area contributed by atoms with E-state index in [1.807, 2.05) is 6.07 Å².